The molecule has 2 aromatic carbocycles. The number of esters is 1. The number of carbonyl (C=O) groups excluding carboxylic acids is 2. The van der Waals surface area contributed by atoms with Crippen LogP contribution in [-0.4, -0.2) is 22.5 Å². The van der Waals surface area contributed by atoms with Crippen molar-refractivity contribution in [2.75, 3.05) is 5.32 Å². The largest absolute Gasteiger partial charge is 0.449 e. The van der Waals surface area contributed by atoms with Crippen molar-refractivity contribution in [2.45, 2.75) is 26.9 Å². The van der Waals surface area contributed by atoms with E-state index in [1.165, 1.54) is 0 Å². The van der Waals surface area contributed by atoms with E-state index in [9.17, 15) is 9.59 Å². The third-order valence-electron chi connectivity index (χ3n) is 4.50. The lowest BCUT2D eigenvalue weighted by molar-refractivity contribution is -0.123. The van der Waals surface area contributed by atoms with Gasteiger partial charge in [-0.2, -0.15) is 0 Å². The van der Waals surface area contributed by atoms with Crippen LogP contribution in [0.2, 0.25) is 0 Å². The number of amides is 1. The van der Waals surface area contributed by atoms with Gasteiger partial charge in [0.05, 0.1) is 5.56 Å². The number of carbonyl (C=O) groups is 2. The molecule has 0 saturated carbocycles. The fourth-order valence-electron chi connectivity index (χ4n) is 3.02. The summed E-state index contributed by atoms with van der Waals surface area (Å²) in [7, 11) is 1.87. The summed E-state index contributed by atoms with van der Waals surface area (Å²) in [4.78, 5) is 25.0. The molecule has 0 spiro atoms. The van der Waals surface area contributed by atoms with E-state index in [0.29, 0.717) is 5.56 Å². The lowest BCUT2D eigenvalue weighted by Gasteiger charge is -2.16. The maximum atomic E-state index is 12.6. The zero-order valence-corrected chi connectivity index (χ0v) is 15.4. The number of hydrogen-bond acceptors (Lipinski definition) is 3. The van der Waals surface area contributed by atoms with Gasteiger partial charge in [0, 0.05) is 29.8 Å². The van der Waals surface area contributed by atoms with Gasteiger partial charge in [0.25, 0.3) is 5.91 Å². The number of hydrogen-bond donors (Lipinski definition) is 1. The summed E-state index contributed by atoms with van der Waals surface area (Å²) in [6, 6.07) is 13.4. The molecule has 1 unspecified atom stereocenters. The van der Waals surface area contributed by atoms with E-state index >= 15 is 0 Å². The Morgan fingerprint density at radius 3 is 2.38 bits per heavy atom. The van der Waals surface area contributed by atoms with Gasteiger partial charge in [-0.25, -0.2) is 4.79 Å². The molecule has 1 amide bonds. The zero-order valence-electron chi connectivity index (χ0n) is 15.4. The monoisotopic (exact) mass is 350 g/mol. The highest BCUT2D eigenvalue weighted by Crippen LogP contribution is 2.22. The van der Waals surface area contributed by atoms with Gasteiger partial charge < -0.3 is 14.6 Å². The molecule has 5 nitrogen and oxygen atoms in total. The first-order valence-electron chi connectivity index (χ1n) is 8.50. The molecule has 3 aromatic rings. The van der Waals surface area contributed by atoms with Crippen molar-refractivity contribution in [3.8, 4) is 0 Å². The maximum Gasteiger partial charge on any atom is 0.341 e. The molecule has 0 radical (unpaired) electrons. The van der Waals surface area contributed by atoms with E-state index in [1.807, 2.05) is 67.9 Å². The first kappa shape index (κ1) is 17.7. The maximum absolute atomic E-state index is 12.6. The van der Waals surface area contributed by atoms with Gasteiger partial charge >= 0.3 is 5.97 Å². The van der Waals surface area contributed by atoms with Crippen molar-refractivity contribution in [1.82, 2.24) is 4.57 Å². The number of fused-ring (bicyclic) bond motifs is 1. The average Bonchev–Trinajstić information content (AvgIpc) is 2.95. The average molecular weight is 350 g/mol. The van der Waals surface area contributed by atoms with Crippen LogP contribution in [0, 0.1) is 13.8 Å². The van der Waals surface area contributed by atoms with Gasteiger partial charge in [0.1, 0.15) is 0 Å². The second-order valence-corrected chi connectivity index (χ2v) is 6.47. The minimum atomic E-state index is -0.902. The minimum absolute atomic E-state index is 0.351. The molecule has 0 aliphatic heterocycles. The van der Waals surface area contributed by atoms with E-state index in [2.05, 4.69) is 5.32 Å². The molecule has 3 rings (SSSR count). The SMILES string of the molecule is Cc1cccc(C)c1NC(=O)C(C)OC(=O)c1cn(C)c2ccccc12. The smallest absolute Gasteiger partial charge is 0.341 e. The molecule has 26 heavy (non-hydrogen) atoms. The molecule has 0 saturated heterocycles. The first-order chi connectivity index (χ1) is 12.4. The second kappa shape index (κ2) is 7.04. The number of aromatic nitrogens is 1. The summed E-state index contributed by atoms with van der Waals surface area (Å²) < 4.78 is 7.28. The zero-order chi connectivity index (χ0) is 18.8. The molecule has 134 valence electrons. The Balaban J connectivity index is 1.75. The summed E-state index contributed by atoms with van der Waals surface area (Å²) in [5.74, 6) is -0.859. The van der Waals surface area contributed by atoms with Crippen LogP contribution in [0.5, 0.6) is 0 Å². The van der Waals surface area contributed by atoms with Crippen LogP contribution >= 0.6 is 0 Å². The highest BCUT2D eigenvalue weighted by Gasteiger charge is 2.22. The summed E-state index contributed by atoms with van der Waals surface area (Å²) in [6.45, 7) is 5.43. The summed E-state index contributed by atoms with van der Waals surface area (Å²) in [5, 5.41) is 3.66. The third-order valence-corrected chi connectivity index (χ3v) is 4.50. The molecule has 1 atom stereocenters. The van der Waals surface area contributed by atoms with Crippen molar-refractivity contribution >= 4 is 28.5 Å². The molecule has 1 N–H and O–H groups in total. The number of para-hydroxylation sites is 2. The Morgan fingerprint density at radius 1 is 1.04 bits per heavy atom. The van der Waals surface area contributed by atoms with E-state index in [-0.39, 0.29) is 5.91 Å². The number of benzene rings is 2. The third kappa shape index (κ3) is 3.33. The molecule has 1 aromatic heterocycles. The first-order valence-corrected chi connectivity index (χ1v) is 8.50. The quantitative estimate of drug-likeness (QED) is 0.724. The molecule has 0 aliphatic carbocycles. The molecular weight excluding hydrogens is 328 g/mol. The molecule has 0 bridgehead atoms. The number of anilines is 1. The topological polar surface area (TPSA) is 60.3 Å². The van der Waals surface area contributed by atoms with Crippen molar-refractivity contribution in [3.63, 3.8) is 0 Å². The van der Waals surface area contributed by atoms with Gasteiger partial charge in [-0.1, -0.05) is 36.4 Å². The standard InChI is InChI=1S/C21H22N2O3/c1-13-8-7-9-14(2)19(13)22-20(24)15(3)26-21(25)17-12-23(4)18-11-6-5-10-16(17)18/h5-12,15H,1-4H3,(H,22,24). The Bertz CT molecular complexity index is 968. The predicted octanol–water partition coefficient (Wildman–Crippen LogP) is 3.98. The van der Waals surface area contributed by atoms with Crippen molar-refractivity contribution in [3.05, 3.63) is 65.4 Å². The van der Waals surface area contributed by atoms with Crippen molar-refractivity contribution in [2.24, 2.45) is 7.05 Å². The molecule has 0 fully saturated rings. The molecular formula is C21H22N2O3. The Morgan fingerprint density at radius 2 is 1.69 bits per heavy atom. The van der Waals surface area contributed by atoms with E-state index in [1.54, 1.807) is 13.1 Å². The van der Waals surface area contributed by atoms with Crippen LogP contribution in [0.15, 0.2) is 48.7 Å². The molecule has 1 heterocycles. The van der Waals surface area contributed by atoms with Gasteiger partial charge in [0.2, 0.25) is 0 Å². The van der Waals surface area contributed by atoms with Gasteiger partial charge in [-0.15, -0.1) is 0 Å². The number of aryl methyl sites for hydroxylation is 3. The summed E-state index contributed by atoms with van der Waals surface area (Å²) >= 11 is 0. The van der Waals surface area contributed by atoms with Crippen LogP contribution in [0.4, 0.5) is 5.69 Å². The predicted molar refractivity (Wildman–Crippen MR) is 102 cm³/mol. The van der Waals surface area contributed by atoms with Gasteiger partial charge in [-0.3, -0.25) is 4.79 Å². The highest BCUT2D eigenvalue weighted by atomic mass is 16.5. The number of ether oxygens (including phenoxy) is 1. The fraction of sp³-hybridized carbons (Fsp3) is 0.238. The molecule has 5 heteroatoms. The van der Waals surface area contributed by atoms with Crippen LogP contribution in [0.3, 0.4) is 0 Å². The Labute approximate surface area is 152 Å². The number of nitrogens with one attached hydrogen (secondary N) is 1. The number of rotatable bonds is 4. The van der Waals surface area contributed by atoms with E-state index in [0.717, 1.165) is 27.7 Å². The summed E-state index contributed by atoms with van der Waals surface area (Å²) in [5.41, 5.74) is 4.07. The van der Waals surface area contributed by atoms with Gasteiger partial charge in [-0.05, 0) is 38.0 Å². The second-order valence-electron chi connectivity index (χ2n) is 6.47. The lowest BCUT2D eigenvalue weighted by atomic mass is 10.1. The van der Waals surface area contributed by atoms with Crippen molar-refractivity contribution in [1.29, 1.82) is 0 Å². The Hall–Kier alpha value is -3.08. The fourth-order valence-corrected chi connectivity index (χ4v) is 3.02. The van der Waals surface area contributed by atoms with E-state index in [4.69, 9.17) is 4.74 Å². The van der Waals surface area contributed by atoms with Crippen molar-refractivity contribution < 1.29 is 14.3 Å². The highest BCUT2D eigenvalue weighted by molar-refractivity contribution is 6.05. The van der Waals surface area contributed by atoms with Gasteiger partial charge in [0.15, 0.2) is 6.10 Å². The van der Waals surface area contributed by atoms with E-state index < -0.39 is 12.1 Å². The van der Waals surface area contributed by atoms with Crippen LogP contribution < -0.4 is 5.32 Å². The number of nitrogens with zero attached hydrogens (tertiary/aromatic N) is 1. The van der Waals surface area contributed by atoms with Crippen LogP contribution in [0.1, 0.15) is 28.4 Å². The summed E-state index contributed by atoms with van der Waals surface area (Å²) in [6.07, 6.45) is 0.823. The minimum Gasteiger partial charge on any atom is -0.449 e. The lowest BCUT2D eigenvalue weighted by Crippen LogP contribution is -2.30. The normalized spacial score (nSPS) is 12.0. The van der Waals surface area contributed by atoms with Crippen LogP contribution in [-0.2, 0) is 16.6 Å². The Kier molecular flexibility index (Phi) is 4.80. The van der Waals surface area contributed by atoms with Crippen LogP contribution in [0.25, 0.3) is 10.9 Å². The molecule has 0 aliphatic rings.